The summed E-state index contributed by atoms with van der Waals surface area (Å²) in [6, 6.07) is 0. The molecule has 0 fully saturated rings. The minimum atomic E-state index is -0.841. The summed E-state index contributed by atoms with van der Waals surface area (Å²) in [6.45, 7) is 6.09. The van der Waals surface area contributed by atoms with Crippen LogP contribution < -0.4 is 0 Å². The predicted octanol–water partition coefficient (Wildman–Crippen LogP) is 15.5. The van der Waals surface area contributed by atoms with E-state index in [4.69, 9.17) is 14.2 Å². The fourth-order valence-corrected chi connectivity index (χ4v) is 5.83. The second-order valence-corrected chi connectivity index (χ2v) is 15.0. The molecule has 61 heavy (non-hydrogen) atoms. The van der Waals surface area contributed by atoms with Crippen molar-refractivity contribution in [3.8, 4) is 0 Å². The van der Waals surface area contributed by atoms with Gasteiger partial charge in [0.05, 0.1) is 6.42 Å². The number of hydrogen-bond acceptors (Lipinski definition) is 6. The van der Waals surface area contributed by atoms with E-state index in [2.05, 4.69) is 93.7 Å². The molecule has 6 nitrogen and oxygen atoms in total. The normalized spacial score (nSPS) is 13.3. The van der Waals surface area contributed by atoms with Crippen LogP contribution in [0.1, 0.15) is 175 Å². The molecule has 340 valence electrons. The Hall–Kier alpha value is -4.45. The Morgan fingerprint density at radius 2 is 0.738 bits per heavy atom. The molecule has 0 aliphatic heterocycles. The molecule has 0 aromatic heterocycles. The summed E-state index contributed by atoms with van der Waals surface area (Å²) in [5.74, 6) is -1.12. The van der Waals surface area contributed by atoms with Gasteiger partial charge >= 0.3 is 17.9 Å². The lowest BCUT2D eigenvalue weighted by atomic mass is 10.1. The van der Waals surface area contributed by atoms with Gasteiger partial charge in [-0.1, -0.05) is 206 Å². The van der Waals surface area contributed by atoms with Gasteiger partial charge in [0.2, 0.25) is 0 Å². The van der Waals surface area contributed by atoms with Crippen molar-refractivity contribution in [1.82, 2.24) is 0 Å². The Balaban J connectivity index is 4.48. The fourth-order valence-electron chi connectivity index (χ4n) is 5.83. The zero-order valence-corrected chi connectivity index (χ0v) is 38.6. The standard InChI is InChI=1S/C55H84O6/c1-4-7-10-13-16-19-21-23-25-26-27-28-30-31-33-36-39-42-45-48-54(57)60-51-52(50-59-53(56)47-44-41-38-35-18-15-12-9-6-3)61-55(58)49-46-43-40-37-34-32-29-24-22-20-17-14-11-8-5-2/h7-12,14,16-20,22-25,29,32,34-35,41,44,52H,4-6,13,15,21,26-28,30-31,33,36-40,42-43,45-51H2,1-3H3/b10-7-,11-8-,12-9-,17-14-,19-16-,22-20-,25-23-,29-24-,34-32-,35-18-,44-41-. The highest BCUT2D eigenvalue weighted by Crippen LogP contribution is 2.13. The average Bonchev–Trinajstić information content (AvgIpc) is 3.26. The molecule has 0 saturated carbocycles. The van der Waals surface area contributed by atoms with Crippen molar-refractivity contribution in [2.75, 3.05) is 13.2 Å². The van der Waals surface area contributed by atoms with Crippen LogP contribution in [0.5, 0.6) is 0 Å². The highest BCUT2D eigenvalue weighted by Gasteiger charge is 2.19. The molecule has 0 saturated heterocycles. The third-order valence-electron chi connectivity index (χ3n) is 9.29. The summed E-state index contributed by atoms with van der Waals surface area (Å²) in [6.07, 6.45) is 67.6. The van der Waals surface area contributed by atoms with Crippen LogP contribution in [0.3, 0.4) is 0 Å². The van der Waals surface area contributed by atoms with Gasteiger partial charge < -0.3 is 14.2 Å². The van der Waals surface area contributed by atoms with Crippen molar-refractivity contribution in [1.29, 1.82) is 0 Å². The van der Waals surface area contributed by atoms with Crippen molar-refractivity contribution in [2.24, 2.45) is 0 Å². The maximum absolute atomic E-state index is 12.7. The minimum absolute atomic E-state index is 0.118. The van der Waals surface area contributed by atoms with E-state index in [0.717, 1.165) is 89.9 Å². The number of rotatable bonds is 40. The van der Waals surface area contributed by atoms with Crippen LogP contribution in [-0.2, 0) is 28.6 Å². The van der Waals surface area contributed by atoms with Crippen molar-refractivity contribution in [3.63, 3.8) is 0 Å². The number of esters is 3. The van der Waals surface area contributed by atoms with Crippen LogP contribution in [-0.4, -0.2) is 37.2 Å². The highest BCUT2D eigenvalue weighted by molar-refractivity contribution is 5.72. The SMILES string of the molecule is CC\C=C/C=C\C=C/C=C\C=C/CCCCCC(=O)OC(COC(=O)C/C=C\C/C=C\C/C=C\CC)COC(=O)CCCCCCCCCCC/C=C\C/C=C\C/C=C\CC. The second kappa shape index (κ2) is 48.2. The third-order valence-corrected chi connectivity index (χ3v) is 9.29. The number of carbonyl (C=O) groups excluding carboxylic acids is 3. The lowest BCUT2D eigenvalue weighted by Gasteiger charge is -2.18. The van der Waals surface area contributed by atoms with Crippen LogP contribution in [0.25, 0.3) is 0 Å². The van der Waals surface area contributed by atoms with E-state index in [-0.39, 0.29) is 38.0 Å². The summed E-state index contributed by atoms with van der Waals surface area (Å²) in [5, 5.41) is 0. The van der Waals surface area contributed by atoms with Crippen molar-refractivity contribution in [2.45, 2.75) is 181 Å². The number of hydrogen-bond donors (Lipinski definition) is 0. The average molecular weight is 841 g/mol. The van der Waals surface area contributed by atoms with Crippen LogP contribution in [0.15, 0.2) is 134 Å². The summed E-state index contributed by atoms with van der Waals surface area (Å²) in [4.78, 5) is 37.7. The summed E-state index contributed by atoms with van der Waals surface area (Å²) in [7, 11) is 0. The van der Waals surface area contributed by atoms with Gasteiger partial charge in [-0.15, -0.1) is 0 Å². The Kier molecular flexibility index (Phi) is 44.7. The van der Waals surface area contributed by atoms with E-state index in [1.807, 2.05) is 54.7 Å². The molecule has 6 heteroatoms. The van der Waals surface area contributed by atoms with Crippen molar-refractivity contribution in [3.05, 3.63) is 134 Å². The third kappa shape index (κ3) is 46.5. The monoisotopic (exact) mass is 841 g/mol. The molecule has 0 spiro atoms. The molecule has 0 aliphatic rings. The molecule has 0 amide bonds. The van der Waals surface area contributed by atoms with E-state index < -0.39 is 12.1 Å². The van der Waals surface area contributed by atoms with Gasteiger partial charge in [0.1, 0.15) is 13.2 Å². The summed E-state index contributed by atoms with van der Waals surface area (Å²) >= 11 is 0. The smallest absolute Gasteiger partial charge is 0.309 e. The van der Waals surface area contributed by atoms with Crippen molar-refractivity contribution < 1.29 is 28.6 Å². The first-order valence-electron chi connectivity index (χ1n) is 23.8. The first-order valence-corrected chi connectivity index (χ1v) is 23.8. The number of ether oxygens (including phenoxy) is 3. The van der Waals surface area contributed by atoms with Gasteiger partial charge in [0.15, 0.2) is 6.10 Å². The fraction of sp³-hybridized carbons (Fsp3) is 0.545. The Labute approximate surface area is 373 Å². The topological polar surface area (TPSA) is 78.9 Å². The number of unbranched alkanes of at least 4 members (excludes halogenated alkanes) is 12. The summed E-state index contributed by atoms with van der Waals surface area (Å²) < 4.78 is 16.6. The van der Waals surface area contributed by atoms with Gasteiger partial charge in [0.25, 0.3) is 0 Å². The quantitative estimate of drug-likeness (QED) is 0.0201. The lowest BCUT2D eigenvalue weighted by Crippen LogP contribution is -2.30. The van der Waals surface area contributed by atoms with Gasteiger partial charge in [0, 0.05) is 12.8 Å². The van der Waals surface area contributed by atoms with Crippen molar-refractivity contribution >= 4 is 17.9 Å². The van der Waals surface area contributed by atoms with E-state index >= 15 is 0 Å². The first kappa shape index (κ1) is 56.5. The zero-order valence-electron chi connectivity index (χ0n) is 38.6. The van der Waals surface area contributed by atoms with Gasteiger partial charge in [-0.05, 0) is 83.5 Å². The van der Waals surface area contributed by atoms with E-state index in [1.54, 1.807) is 6.08 Å². The Morgan fingerprint density at radius 3 is 1.28 bits per heavy atom. The molecule has 0 aliphatic carbocycles. The zero-order chi connectivity index (χ0) is 44.4. The highest BCUT2D eigenvalue weighted by atomic mass is 16.6. The molecule has 1 unspecified atom stereocenters. The second-order valence-electron chi connectivity index (χ2n) is 15.0. The number of carbonyl (C=O) groups is 3. The maximum Gasteiger partial charge on any atom is 0.309 e. The Bertz CT molecular complexity index is 1380. The predicted molar refractivity (Wildman–Crippen MR) is 260 cm³/mol. The van der Waals surface area contributed by atoms with Crippen LogP contribution in [0.4, 0.5) is 0 Å². The largest absolute Gasteiger partial charge is 0.462 e. The number of allylic oxidation sites excluding steroid dienone is 21. The molecule has 0 N–H and O–H groups in total. The van der Waals surface area contributed by atoms with Gasteiger partial charge in [-0.3, -0.25) is 14.4 Å². The van der Waals surface area contributed by atoms with E-state index in [0.29, 0.717) is 12.8 Å². The van der Waals surface area contributed by atoms with E-state index in [9.17, 15) is 14.4 Å². The molecule has 0 heterocycles. The summed E-state index contributed by atoms with van der Waals surface area (Å²) in [5.41, 5.74) is 0. The van der Waals surface area contributed by atoms with Gasteiger partial charge in [-0.25, -0.2) is 0 Å². The molecular formula is C55H84O6. The van der Waals surface area contributed by atoms with Crippen LogP contribution in [0.2, 0.25) is 0 Å². The maximum atomic E-state index is 12.7. The molecule has 0 rings (SSSR count). The molecule has 0 aromatic carbocycles. The molecule has 0 aromatic rings. The minimum Gasteiger partial charge on any atom is -0.462 e. The van der Waals surface area contributed by atoms with E-state index in [1.165, 1.54) is 38.5 Å². The lowest BCUT2D eigenvalue weighted by molar-refractivity contribution is -0.166. The first-order chi connectivity index (χ1) is 30.0. The molecular weight excluding hydrogens is 757 g/mol. The molecule has 1 atom stereocenters. The molecule has 0 bridgehead atoms. The van der Waals surface area contributed by atoms with Gasteiger partial charge in [-0.2, -0.15) is 0 Å². The van der Waals surface area contributed by atoms with Crippen LogP contribution >= 0.6 is 0 Å². The molecule has 0 radical (unpaired) electrons. The van der Waals surface area contributed by atoms with Crippen LogP contribution in [0, 0.1) is 0 Å². The Morgan fingerprint density at radius 1 is 0.361 bits per heavy atom.